The number of fused-ring (bicyclic) bond motifs is 2. The second-order valence-electron chi connectivity index (χ2n) is 13.0. The number of rotatable bonds is 4. The lowest BCUT2D eigenvalue weighted by Crippen LogP contribution is -2.56. The van der Waals surface area contributed by atoms with Crippen molar-refractivity contribution in [3.05, 3.63) is 65.5 Å². The summed E-state index contributed by atoms with van der Waals surface area (Å²) in [6.45, 7) is 10.8. The molecule has 3 aliphatic carbocycles. The van der Waals surface area contributed by atoms with Gasteiger partial charge in [-0.2, -0.15) is 0 Å². The molecule has 6 atom stereocenters. The van der Waals surface area contributed by atoms with Crippen molar-refractivity contribution >= 4 is 10.8 Å². The molecule has 190 valence electrons. The quantitative estimate of drug-likeness (QED) is 0.449. The van der Waals surface area contributed by atoms with Gasteiger partial charge in [-0.25, -0.2) is 0 Å². The number of hydrogen-bond donors (Lipinski definition) is 0. The third kappa shape index (κ3) is 3.08. The average molecular weight is 483 g/mol. The predicted molar refractivity (Wildman–Crippen MR) is 147 cm³/mol. The van der Waals surface area contributed by atoms with Gasteiger partial charge in [-0.3, -0.25) is 9.88 Å². The molecule has 3 heterocycles. The van der Waals surface area contributed by atoms with E-state index in [0.29, 0.717) is 23.9 Å². The SMILES string of the molecule is CCN(C(C)C)[C@H]1CCC2=CC3=CC[C@]4(C)C(c5ccc6ccncc6c5)CC[C@H]4[C@@]34CCC2(C1)O4. The third-order valence-electron chi connectivity index (χ3n) is 11.2. The summed E-state index contributed by atoms with van der Waals surface area (Å²) < 4.78 is 7.55. The smallest absolute Gasteiger partial charge is 0.0974 e. The fourth-order valence-corrected chi connectivity index (χ4v) is 9.58. The number of nitrogens with zero attached hydrogens (tertiary/aromatic N) is 2. The Bertz CT molecular complexity index is 1260. The van der Waals surface area contributed by atoms with Gasteiger partial charge >= 0.3 is 0 Å². The summed E-state index contributed by atoms with van der Waals surface area (Å²) in [5.74, 6) is 1.19. The van der Waals surface area contributed by atoms with Crippen LogP contribution in [0.2, 0.25) is 0 Å². The zero-order valence-corrected chi connectivity index (χ0v) is 22.6. The zero-order valence-electron chi connectivity index (χ0n) is 22.6. The molecule has 3 heteroatoms. The maximum absolute atomic E-state index is 7.55. The van der Waals surface area contributed by atoms with Gasteiger partial charge in [-0.05, 0) is 123 Å². The molecule has 3 fully saturated rings. The summed E-state index contributed by atoms with van der Waals surface area (Å²) in [5.41, 5.74) is 4.80. The van der Waals surface area contributed by atoms with Gasteiger partial charge in [0.25, 0.3) is 0 Å². The van der Waals surface area contributed by atoms with Crippen LogP contribution in [-0.2, 0) is 4.74 Å². The van der Waals surface area contributed by atoms with Gasteiger partial charge in [-0.15, -0.1) is 0 Å². The fourth-order valence-electron chi connectivity index (χ4n) is 9.58. The normalized spacial score (nSPS) is 39.1. The second kappa shape index (κ2) is 8.01. The van der Waals surface area contributed by atoms with Crippen LogP contribution < -0.4 is 0 Å². The van der Waals surface area contributed by atoms with E-state index in [0.717, 1.165) is 6.54 Å². The molecule has 1 saturated heterocycles. The monoisotopic (exact) mass is 482 g/mol. The van der Waals surface area contributed by atoms with E-state index in [4.69, 9.17) is 4.74 Å². The molecule has 0 N–H and O–H groups in total. The van der Waals surface area contributed by atoms with E-state index in [1.54, 1.807) is 5.57 Å². The highest BCUT2D eigenvalue weighted by Gasteiger charge is 2.66. The number of hydrogen-bond acceptors (Lipinski definition) is 3. The van der Waals surface area contributed by atoms with Crippen molar-refractivity contribution < 1.29 is 4.74 Å². The van der Waals surface area contributed by atoms with Crippen LogP contribution in [0.5, 0.6) is 0 Å². The van der Waals surface area contributed by atoms with Gasteiger partial charge in [0.2, 0.25) is 0 Å². The van der Waals surface area contributed by atoms with Crippen LogP contribution in [0.25, 0.3) is 10.8 Å². The summed E-state index contributed by atoms with van der Waals surface area (Å²) in [7, 11) is 0. The molecular weight excluding hydrogens is 440 g/mol. The molecule has 2 unspecified atom stereocenters. The first-order valence-electron chi connectivity index (χ1n) is 14.6. The minimum atomic E-state index is -0.0690. The highest BCUT2D eigenvalue weighted by molar-refractivity contribution is 5.82. The maximum Gasteiger partial charge on any atom is 0.0974 e. The molecule has 2 bridgehead atoms. The van der Waals surface area contributed by atoms with Gasteiger partial charge in [0.1, 0.15) is 0 Å². The molecule has 2 aliphatic heterocycles. The number of benzene rings is 1. The number of aromatic nitrogens is 1. The lowest BCUT2D eigenvalue weighted by molar-refractivity contribution is -0.141. The molecule has 36 heavy (non-hydrogen) atoms. The minimum Gasteiger partial charge on any atom is -0.359 e. The first kappa shape index (κ1) is 23.2. The maximum atomic E-state index is 7.55. The Morgan fingerprint density at radius 3 is 2.83 bits per heavy atom. The Labute approximate surface area is 217 Å². The highest BCUT2D eigenvalue weighted by atomic mass is 16.5. The molecule has 1 aromatic carbocycles. The molecule has 2 spiro atoms. The van der Waals surface area contributed by atoms with Crippen molar-refractivity contribution in [1.82, 2.24) is 9.88 Å². The largest absolute Gasteiger partial charge is 0.359 e. The van der Waals surface area contributed by atoms with E-state index in [9.17, 15) is 0 Å². The van der Waals surface area contributed by atoms with Crippen molar-refractivity contribution in [2.75, 3.05) is 6.54 Å². The van der Waals surface area contributed by atoms with Gasteiger partial charge in [0.05, 0.1) is 11.2 Å². The Hall–Kier alpha value is -1.97. The molecular formula is C33H42N2O. The molecule has 1 aromatic heterocycles. The molecule has 3 nitrogen and oxygen atoms in total. The molecule has 2 saturated carbocycles. The number of pyridine rings is 1. The van der Waals surface area contributed by atoms with E-state index in [1.807, 2.05) is 12.4 Å². The Balaban J connectivity index is 1.24. The van der Waals surface area contributed by atoms with Gasteiger partial charge in [0, 0.05) is 29.9 Å². The van der Waals surface area contributed by atoms with Crippen LogP contribution in [0, 0.1) is 11.3 Å². The standard InChI is InChI=1S/C33H42N2O/c1-5-35(22(2)3)28-9-8-26-19-27-12-14-31(4)29(24-7-6-23-13-17-34-21-25(23)18-24)10-11-30(31)33(27)16-15-32(26,20-28)36-33/h6-7,12-13,17-19,21-22,28-30H,5,8-11,14-16,20H2,1-4H3/t28-,29?,30+,31+,32?,33+/m0/s1. The number of ether oxygens (including phenoxy) is 1. The van der Waals surface area contributed by atoms with Crippen LogP contribution in [-0.4, -0.2) is 39.7 Å². The Kier molecular flexibility index (Phi) is 5.16. The highest BCUT2D eigenvalue weighted by Crippen LogP contribution is 2.69. The van der Waals surface area contributed by atoms with Gasteiger partial charge in [-0.1, -0.05) is 38.1 Å². The predicted octanol–water partition coefficient (Wildman–Crippen LogP) is 7.58. The Morgan fingerprint density at radius 1 is 1.11 bits per heavy atom. The lowest BCUT2D eigenvalue weighted by atomic mass is 9.58. The van der Waals surface area contributed by atoms with E-state index >= 15 is 0 Å². The first-order chi connectivity index (χ1) is 17.4. The van der Waals surface area contributed by atoms with Crippen LogP contribution >= 0.6 is 0 Å². The summed E-state index contributed by atoms with van der Waals surface area (Å²) >= 11 is 0. The molecule has 0 amide bonds. The van der Waals surface area contributed by atoms with Gasteiger partial charge < -0.3 is 4.74 Å². The topological polar surface area (TPSA) is 25.4 Å². The van der Waals surface area contributed by atoms with E-state index in [-0.39, 0.29) is 16.6 Å². The first-order valence-corrected chi connectivity index (χ1v) is 14.6. The summed E-state index contributed by atoms with van der Waals surface area (Å²) in [4.78, 5) is 7.12. The van der Waals surface area contributed by atoms with Crippen molar-refractivity contribution in [3.8, 4) is 0 Å². The molecule has 5 aliphatic rings. The van der Waals surface area contributed by atoms with Crippen molar-refractivity contribution in [1.29, 1.82) is 0 Å². The van der Waals surface area contributed by atoms with E-state index in [1.165, 1.54) is 73.3 Å². The van der Waals surface area contributed by atoms with Crippen LogP contribution in [0.15, 0.2) is 60.0 Å². The van der Waals surface area contributed by atoms with E-state index in [2.05, 4.69) is 74.0 Å². The van der Waals surface area contributed by atoms with Crippen LogP contribution in [0.3, 0.4) is 0 Å². The minimum absolute atomic E-state index is 0.0203. The summed E-state index contributed by atoms with van der Waals surface area (Å²) in [5, 5.41) is 2.56. The van der Waals surface area contributed by atoms with Crippen molar-refractivity contribution in [2.45, 2.75) is 108 Å². The van der Waals surface area contributed by atoms with Crippen molar-refractivity contribution in [2.24, 2.45) is 11.3 Å². The number of allylic oxidation sites excluding steroid dienone is 1. The molecule has 0 radical (unpaired) electrons. The van der Waals surface area contributed by atoms with E-state index < -0.39 is 0 Å². The Morgan fingerprint density at radius 2 is 2.00 bits per heavy atom. The third-order valence-corrected chi connectivity index (χ3v) is 11.2. The summed E-state index contributed by atoms with van der Waals surface area (Å²) in [6.07, 6.45) is 19.0. The zero-order chi connectivity index (χ0) is 24.7. The van der Waals surface area contributed by atoms with Crippen LogP contribution in [0.1, 0.15) is 90.5 Å². The fraction of sp³-hybridized carbons (Fsp3) is 0.606. The second-order valence-corrected chi connectivity index (χ2v) is 13.0. The van der Waals surface area contributed by atoms with Gasteiger partial charge in [0.15, 0.2) is 0 Å². The summed E-state index contributed by atoms with van der Waals surface area (Å²) in [6, 6.07) is 10.5. The molecule has 2 aromatic rings. The van der Waals surface area contributed by atoms with Crippen molar-refractivity contribution in [3.63, 3.8) is 0 Å². The average Bonchev–Trinajstić information content (AvgIpc) is 3.39. The lowest BCUT2D eigenvalue weighted by Gasteiger charge is -2.55. The molecule has 7 rings (SSSR count). The van der Waals surface area contributed by atoms with Crippen LogP contribution in [0.4, 0.5) is 0 Å².